The fraction of sp³-hybridized carbons (Fsp3) is 0.120. The third kappa shape index (κ3) is 3.73. The number of hydrogen-bond donors (Lipinski definition) is 1. The Hall–Kier alpha value is -3.42. The average molecular weight is 474 g/mol. The second-order valence-corrected chi connectivity index (χ2v) is 9.25. The molecule has 2 aliphatic rings. The van der Waals surface area contributed by atoms with E-state index in [9.17, 15) is 4.79 Å². The third-order valence-electron chi connectivity index (χ3n) is 5.66. The van der Waals surface area contributed by atoms with Crippen molar-refractivity contribution in [3.05, 3.63) is 93.3 Å². The molecule has 5 rings (SSSR count). The van der Waals surface area contributed by atoms with E-state index in [2.05, 4.69) is 14.7 Å². The Morgan fingerprint density at radius 1 is 1.06 bits per heavy atom. The van der Waals surface area contributed by atoms with E-state index in [1.165, 1.54) is 16.8 Å². The molecule has 0 spiro atoms. The van der Waals surface area contributed by atoms with Gasteiger partial charge in [-0.1, -0.05) is 48.0 Å². The van der Waals surface area contributed by atoms with Crippen LogP contribution in [0.4, 0.5) is 0 Å². The molecule has 0 atom stereocenters. The molecule has 6 nitrogen and oxygen atoms in total. The van der Waals surface area contributed by atoms with Crippen molar-refractivity contribution in [1.29, 1.82) is 5.41 Å². The number of aliphatic imine (C=N–C) groups is 1. The summed E-state index contributed by atoms with van der Waals surface area (Å²) < 4.78 is 2.08. The molecular weight excluding hydrogens is 454 g/mol. The Labute approximate surface area is 200 Å². The normalized spacial score (nSPS) is 16.8. The highest BCUT2D eigenvalue weighted by molar-refractivity contribution is 8.27. The number of carbonyl (C=O) groups is 1. The zero-order chi connectivity index (χ0) is 23.3. The lowest BCUT2D eigenvalue weighted by molar-refractivity contribution is -0.114. The van der Waals surface area contributed by atoms with Gasteiger partial charge in [0, 0.05) is 27.7 Å². The lowest BCUT2D eigenvalue weighted by Crippen LogP contribution is -2.35. The van der Waals surface area contributed by atoms with Gasteiger partial charge in [-0.15, -0.1) is 0 Å². The summed E-state index contributed by atoms with van der Waals surface area (Å²) >= 11 is 7.64. The summed E-state index contributed by atoms with van der Waals surface area (Å²) in [7, 11) is 0. The van der Waals surface area contributed by atoms with E-state index < -0.39 is 5.91 Å². The molecular formula is C25H20ClN5OS. The summed E-state index contributed by atoms with van der Waals surface area (Å²) in [6.07, 6.45) is 1.72. The van der Waals surface area contributed by atoms with Crippen LogP contribution in [0.3, 0.4) is 0 Å². The van der Waals surface area contributed by atoms with Gasteiger partial charge in [0.15, 0.2) is 5.84 Å². The Morgan fingerprint density at radius 3 is 2.55 bits per heavy atom. The smallest absolute Gasteiger partial charge is 0.283 e. The zero-order valence-electron chi connectivity index (χ0n) is 18.3. The molecule has 164 valence electrons. The largest absolute Gasteiger partial charge is 0.318 e. The predicted octanol–water partition coefficient (Wildman–Crippen LogP) is 5.72. The van der Waals surface area contributed by atoms with E-state index in [4.69, 9.17) is 17.0 Å². The maximum absolute atomic E-state index is 12.8. The molecule has 1 N–H and O–H groups in total. The van der Waals surface area contributed by atoms with Crippen molar-refractivity contribution in [2.24, 2.45) is 10.1 Å². The van der Waals surface area contributed by atoms with Gasteiger partial charge in [-0.3, -0.25) is 10.2 Å². The van der Waals surface area contributed by atoms with Crippen molar-refractivity contribution in [1.82, 2.24) is 9.58 Å². The van der Waals surface area contributed by atoms with E-state index in [0.29, 0.717) is 15.2 Å². The number of aromatic nitrogens is 1. The summed E-state index contributed by atoms with van der Waals surface area (Å²) in [5, 5.41) is 16.4. The minimum Gasteiger partial charge on any atom is -0.318 e. The van der Waals surface area contributed by atoms with Crippen LogP contribution in [0.2, 0.25) is 5.02 Å². The second-order valence-electron chi connectivity index (χ2n) is 7.89. The van der Waals surface area contributed by atoms with E-state index in [1.807, 2.05) is 75.4 Å². The lowest BCUT2D eigenvalue weighted by Gasteiger charge is -2.20. The predicted molar refractivity (Wildman–Crippen MR) is 136 cm³/mol. The van der Waals surface area contributed by atoms with Gasteiger partial charge in [-0.05, 0) is 67.9 Å². The molecule has 0 unspecified atom stereocenters. The highest BCUT2D eigenvalue weighted by Gasteiger charge is 2.36. The highest BCUT2D eigenvalue weighted by atomic mass is 35.5. The molecule has 0 saturated heterocycles. The molecule has 0 aliphatic carbocycles. The number of hydrazone groups is 1. The standard InChI is InChI=1S/C25H20ClN5OS/c1-14-9-10-19(13-21(14)26)30-15(2)11-18(16(30)3)12-20-22(27)31-25(28-23(20)32)33-24(29-31)17-7-5-4-6-8-17/h4-13,27H,1-3H3/b20-12-,27-22?. The number of nitrogens with one attached hydrogen (secondary N) is 1. The maximum Gasteiger partial charge on any atom is 0.283 e. The molecule has 0 saturated carbocycles. The van der Waals surface area contributed by atoms with Crippen LogP contribution in [0.1, 0.15) is 28.1 Å². The summed E-state index contributed by atoms with van der Waals surface area (Å²) in [5.74, 6) is -0.418. The highest BCUT2D eigenvalue weighted by Crippen LogP contribution is 2.32. The van der Waals surface area contributed by atoms with Crippen LogP contribution in [0.25, 0.3) is 11.8 Å². The van der Waals surface area contributed by atoms with Gasteiger partial charge in [0.2, 0.25) is 5.17 Å². The molecule has 3 aromatic rings. The molecule has 1 aromatic heterocycles. The summed E-state index contributed by atoms with van der Waals surface area (Å²) in [4.78, 5) is 17.0. The molecule has 3 heterocycles. The first-order chi connectivity index (χ1) is 15.8. The van der Waals surface area contributed by atoms with Crippen LogP contribution in [0.15, 0.2) is 70.3 Å². The number of benzene rings is 2. The zero-order valence-corrected chi connectivity index (χ0v) is 19.8. The third-order valence-corrected chi connectivity index (χ3v) is 7.02. The fourth-order valence-corrected chi connectivity index (χ4v) is 4.97. The molecule has 8 heteroatoms. The first kappa shape index (κ1) is 21.4. The first-order valence-electron chi connectivity index (χ1n) is 10.3. The lowest BCUT2D eigenvalue weighted by atomic mass is 10.1. The number of aryl methyl sites for hydroxylation is 2. The number of halogens is 1. The van der Waals surface area contributed by atoms with Crippen molar-refractivity contribution in [2.75, 3.05) is 0 Å². The number of fused-ring (bicyclic) bond motifs is 1. The summed E-state index contributed by atoms with van der Waals surface area (Å²) in [5.41, 5.74) is 5.88. The van der Waals surface area contributed by atoms with Gasteiger partial charge in [0.1, 0.15) is 5.04 Å². The summed E-state index contributed by atoms with van der Waals surface area (Å²) in [6, 6.07) is 17.6. The van der Waals surface area contributed by atoms with Crippen molar-refractivity contribution in [2.45, 2.75) is 20.8 Å². The van der Waals surface area contributed by atoms with Gasteiger partial charge in [0.25, 0.3) is 5.91 Å². The molecule has 33 heavy (non-hydrogen) atoms. The number of rotatable bonds is 3. The molecule has 0 bridgehead atoms. The average Bonchev–Trinajstić information content (AvgIpc) is 3.34. The van der Waals surface area contributed by atoms with E-state index >= 15 is 0 Å². The maximum atomic E-state index is 12.8. The van der Waals surface area contributed by atoms with Gasteiger partial charge in [-0.25, -0.2) is 0 Å². The van der Waals surface area contributed by atoms with Crippen LogP contribution >= 0.6 is 23.4 Å². The quantitative estimate of drug-likeness (QED) is 0.494. The van der Waals surface area contributed by atoms with Crippen LogP contribution in [-0.4, -0.2) is 31.5 Å². The van der Waals surface area contributed by atoms with Crippen molar-refractivity contribution < 1.29 is 4.79 Å². The minimum atomic E-state index is -0.438. The Morgan fingerprint density at radius 2 is 1.82 bits per heavy atom. The fourth-order valence-electron chi connectivity index (χ4n) is 3.90. The monoisotopic (exact) mass is 473 g/mol. The number of nitrogens with zero attached hydrogens (tertiary/aromatic N) is 4. The van der Waals surface area contributed by atoms with Crippen molar-refractivity contribution in [3.8, 4) is 5.69 Å². The van der Waals surface area contributed by atoms with Crippen LogP contribution in [0, 0.1) is 26.2 Å². The van der Waals surface area contributed by atoms with Crippen LogP contribution in [0.5, 0.6) is 0 Å². The van der Waals surface area contributed by atoms with Crippen molar-refractivity contribution in [3.63, 3.8) is 0 Å². The Balaban J connectivity index is 1.52. The molecule has 1 amide bonds. The van der Waals surface area contributed by atoms with Crippen LogP contribution < -0.4 is 0 Å². The number of amides is 1. The molecule has 2 aromatic carbocycles. The molecule has 0 fully saturated rings. The van der Waals surface area contributed by atoms with E-state index in [0.717, 1.165) is 33.8 Å². The van der Waals surface area contributed by atoms with Gasteiger partial charge in [-0.2, -0.15) is 15.1 Å². The number of hydrogen-bond acceptors (Lipinski definition) is 4. The Bertz CT molecular complexity index is 1420. The van der Waals surface area contributed by atoms with Crippen LogP contribution in [-0.2, 0) is 4.79 Å². The molecule has 0 radical (unpaired) electrons. The SMILES string of the molecule is Cc1ccc(-n2c(C)cc(/C=C3/C(=N)N4N=C(c5ccccc5)SC4=NC3=O)c2C)cc1Cl. The van der Waals surface area contributed by atoms with E-state index in [-0.39, 0.29) is 11.4 Å². The number of carbonyl (C=O) groups excluding carboxylic acids is 1. The van der Waals surface area contributed by atoms with Gasteiger partial charge >= 0.3 is 0 Å². The topological polar surface area (TPSA) is 73.8 Å². The number of amidine groups is 2. The summed E-state index contributed by atoms with van der Waals surface area (Å²) in [6.45, 7) is 5.95. The Kier molecular flexibility index (Phi) is 5.31. The minimum absolute atomic E-state index is 0.0200. The van der Waals surface area contributed by atoms with Gasteiger partial charge < -0.3 is 4.57 Å². The van der Waals surface area contributed by atoms with E-state index in [1.54, 1.807) is 6.08 Å². The number of thioether (sulfide) groups is 1. The van der Waals surface area contributed by atoms with Gasteiger partial charge in [0.05, 0.1) is 5.57 Å². The first-order valence-corrected chi connectivity index (χ1v) is 11.5. The van der Waals surface area contributed by atoms with Crippen molar-refractivity contribution >= 4 is 51.4 Å². The molecule has 2 aliphatic heterocycles. The second kappa shape index (κ2) is 8.17.